The number of hydrogen-bond donors (Lipinski definition) is 3. The van der Waals surface area contributed by atoms with Gasteiger partial charge in [0.25, 0.3) is 0 Å². The zero-order chi connectivity index (χ0) is 31.4. The van der Waals surface area contributed by atoms with Gasteiger partial charge in [-0.05, 0) is 97.0 Å². The molecule has 2 saturated carbocycles. The molecule has 0 heterocycles. The van der Waals surface area contributed by atoms with Crippen molar-refractivity contribution in [2.45, 2.75) is 127 Å². The van der Waals surface area contributed by atoms with Crippen LogP contribution in [0.5, 0.6) is 0 Å². The van der Waals surface area contributed by atoms with E-state index in [9.17, 15) is 41.3 Å². The molecule has 0 amide bonds. The Hall–Kier alpha value is -1.04. The summed E-state index contributed by atoms with van der Waals surface area (Å²) in [4.78, 5) is 0. The number of benzene rings is 1. The van der Waals surface area contributed by atoms with Crippen LogP contribution in [0.1, 0.15) is 114 Å². The van der Waals surface area contributed by atoms with E-state index in [1.165, 1.54) is 11.1 Å². The monoisotopic (exact) mass is 634 g/mol. The fraction of sp³-hybridized carbons (Fsp3) is 0.812. The van der Waals surface area contributed by atoms with E-state index >= 15 is 0 Å². The van der Waals surface area contributed by atoms with Gasteiger partial charge < -0.3 is 15.2 Å². The third-order valence-corrected chi connectivity index (χ3v) is 12.4. The second-order valence-corrected chi connectivity index (χ2v) is 15.3. The van der Waals surface area contributed by atoms with Crippen molar-refractivity contribution < 1.29 is 41.3 Å². The normalized spacial score (nSPS) is 29.6. The van der Waals surface area contributed by atoms with Crippen LogP contribution in [0.3, 0.4) is 0 Å². The van der Waals surface area contributed by atoms with Gasteiger partial charge in [0.15, 0.2) is 0 Å². The molecule has 0 radical (unpaired) electrons. The van der Waals surface area contributed by atoms with Crippen LogP contribution in [0, 0.1) is 23.2 Å². The van der Waals surface area contributed by atoms with Crippen LogP contribution < -0.4 is 5.46 Å². The molecule has 0 spiro atoms. The molecule has 3 N–H and O–H groups in total. The SMILES string of the molecule is C[C@]12CC[C@@H]3c4ccc(B(O)O)cc4C[C@@H](CCCCCCCCCS(=O)CCCC(F)(F)C(F)(F)F)C3[C@@H]1CC[C@@H]2O. The largest absolute Gasteiger partial charge is 0.488 e. The van der Waals surface area contributed by atoms with Crippen molar-refractivity contribution in [3.8, 4) is 0 Å². The van der Waals surface area contributed by atoms with Gasteiger partial charge in [-0.15, -0.1) is 0 Å². The van der Waals surface area contributed by atoms with E-state index in [1.54, 1.807) is 0 Å². The van der Waals surface area contributed by atoms with Gasteiger partial charge in [0, 0.05) is 28.7 Å². The zero-order valence-corrected chi connectivity index (χ0v) is 26.1. The van der Waals surface area contributed by atoms with Crippen LogP contribution in [0.4, 0.5) is 22.0 Å². The van der Waals surface area contributed by atoms with Gasteiger partial charge in [0.1, 0.15) is 0 Å². The molecule has 0 saturated heterocycles. The predicted molar refractivity (Wildman–Crippen MR) is 161 cm³/mol. The highest BCUT2D eigenvalue weighted by atomic mass is 32.2. The summed E-state index contributed by atoms with van der Waals surface area (Å²) >= 11 is 0. The number of rotatable bonds is 15. The Labute approximate surface area is 255 Å². The summed E-state index contributed by atoms with van der Waals surface area (Å²) in [6.07, 6.45) is 5.48. The van der Waals surface area contributed by atoms with Gasteiger partial charge in [-0.2, -0.15) is 22.0 Å². The summed E-state index contributed by atoms with van der Waals surface area (Å²) in [7, 11) is -2.84. The summed E-state index contributed by atoms with van der Waals surface area (Å²) in [5.41, 5.74) is 3.12. The van der Waals surface area contributed by atoms with Crippen molar-refractivity contribution in [3.63, 3.8) is 0 Å². The minimum Gasteiger partial charge on any atom is -0.423 e. The van der Waals surface area contributed by atoms with Crippen LogP contribution in [0.15, 0.2) is 18.2 Å². The highest BCUT2D eigenvalue weighted by Crippen LogP contribution is 2.62. The van der Waals surface area contributed by atoms with Crippen molar-refractivity contribution in [1.82, 2.24) is 0 Å². The first-order valence-corrected chi connectivity index (χ1v) is 17.7. The molecule has 244 valence electrons. The molecule has 0 aromatic heterocycles. The first kappa shape index (κ1) is 34.8. The Kier molecular flexibility index (Phi) is 11.8. The molecule has 1 aromatic carbocycles. The topological polar surface area (TPSA) is 77.8 Å². The number of alkyl halides is 5. The molecule has 11 heteroatoms. The molecule has 3 aliphatic rings. The number of aliphatic hydroxyl groups excluding tert-OH is 1. The molecule has 2 fully saturated rings. The van der Waals surface area contributed by atoms with Gasteiger partial charge in [0.2, 0.25) is 0 Å². The molecule has 0 bridgehead atoms. The van der Waals surface area contributed by atoms with Crippen molar-refractivity contribution in [2.75, 3.05) is 11.5 Å². The Morgan fingerprint density at radius 2 is 1.58 bits per heavy atom. The summed E-state index contributed by atoms with van der Waals surface area (Å²) in [5.74, 6) is -2.50. The van der Waals surface area contributed by atoms with E-state index in [1.807, 2.05) is 12.1 Å². The molecule has 3 aliphatic carbocycles. The Morgan fingerprint density at radius 3 is 2.26 bits per heavy atom. The standard InChI is InChI=1S/C32H48BF5O4S/c1-30-17-15-26-25-12-11-24(33(40)41)21-23(25)20-22(29(26)27(30)13-14-28(30)39)10-7-5-3-2-4-6-8-18-43(42)19-9-16-31(34,35)32(36,37)38/h11-12,21-22,26-29,39-41H,2-10,13-20H2,1H3/t22-,26-,27+,28+,29?,30+,43?/m1/s1. The van der Waals surface area contributed by atoms with Crippen molar-refractivity contribution in [2.24, 2.45) is 23.2 Å². The maximum absolute atomic E-state index is 13.0. The molecule has 1 aromatic rings. The predicted octanol–water partition coefficient (Wildman–Crippen LogP) is 6.66. The van der Waals surface area contributed by atoms with E-state index in [4.69, 9.17) is 0 Å². The lowest BCUT2D eigenvalue weighted by Crippen LogP contribution is -2.47. The third kappa shape index (κ3) is 8.22. The van der Waals surface area contributed by atoms with E-state index in [0.29, 0.717) is 41.3 Å². The molecular weight excluding hydrogens is 586 g/mol. The Morgan fingerprint density at radius 1 is 0.930 bits per heavy atom. The maximum atomic E-state index is 13.0. The van der Waals surface area contributed by atoms with Crippen molar-refractivity contribution >= 4 is 23.4 Å². The average Bonchev–Trinajstić information content (AvgIpc) is 3.24. The highest BCUT2D eigenvalue weighted by Gasteiger charge is 2.57. The Balaban J connectivity index is 1.19. The minimum absolute atomic E-state index is 0.0179. The molecule has 7 atom stereocenters. The van der Waals surface area contributed by atoms with Gasteiger partial charge in [-0.25, -0.2) is 0 Å². The van der Waals surface area contributed by atoms with E-state index in [2.05, 4.69) is 13.0 Å². The van der Waals surface area contributed by atoms with Crippen LogP contribution in [-0.2, 0) is 17.2 Å². The van der Waals surface area contributed by atoms with E-state index < -0.39 is 42.9 Å². The van der Waals surface area contributed by atoms with Crippen LogP contribution in [-0.4, -0.2) is 56.2 Å². The van der Waals surface area contributed by atoms with E-state index in [0.717, 1.165) is 77.0 Å². The van der Waals surface area contributed by atoms with Gasteiger partial charge >= 0.3 is 19.2 Å². The van der Waals surface area contributed by atoms with Crippen molar-refractivity contribution in [3.05, 3.63) is 29.3 Å². The fourth-order valence-electron chi connectivity index (χ4n) is 8.48. The molecule has 4 rings (SSSR count). The fourth-order valence-corrected chi connectivity index (χ4v) is 9.67. The molecular formula is C32H48BF5O4S. The average molecular weight is 635 g/mol. The summed E-state index contributed by atoms with van der Waals surface area (Å²) in [6.45, 7) is 2.28. The van der Waals surface area contributed by atoms with Gasteiger partial charge in [-0.3, -0.25) is 4.21 Å². The minimum atomic E-state index is -5.55. The third-order valence-electron chi connectivity index (χ3n) is 10.9. The first-order chi connectivity index (χ1) is 20.2. The smallest absolute Gasteiger partial charge is 0.423 e. The molecule has 2 unspecified atom stereocenters. The number of halogens is 5. The second-order valence-electron chi connectivity index (χ2n) is 13.6. The first-order valence-electron chi connectivity index (χ1n) is 16.2. The number of fused-ring (bicyclic) bond motifs is 5. The zero-order valence-electron chi connectivity index (χ0n) is 25.3. The highest BCUT2D eigenvalue weighted by molar-refractivity contribution is 7.84. The van der Waals surface area contributed by atoms with Crippen LogP contribution >= 0.6 is 0 Å². The lowest BCUT2D eigenvalue weighted by molar-refractivity contribution is -0.284. The summed E-state index contributed by atoms with van der Waals surface area (Å²) in [6, 6.07) is 5.93. The molecule has 43 heavy (non-hydrogen) atoms. The number of aliphatic hydroxyl groups is 1. The number of unbranched alkanes of at least 4 members (excludes halogenated alkanes) is 6. The molecule has 0 aliphatic heterocycles. The van der Waals surface area contributed by atoms with Crippen molar-refractivity contribution in [1.29, 1.82) is 0 Å². The summed E-state index contributed by atoms with van der Waals surface area (Å²) < 4.78 is 74.6. The van der Waals surface area contributed by atoms with Crippen LogP contribution in [0.2, 0.25) is 0 Å². The lowest BCUT2D eigenvalue weighted by Gasteiger charge is -2.53. The number of hydrogen-bond acceptors (Lipinski definition) is 4. The van der Waals surface area contributed by atoms with Crippen LogP contribution in [0.25, 0.3) is 0 Å². The second kappa shape index (κ2) is 14.6. The molecule has 4 nitrogen and oxygen atoms in total. The summed E-state index contributed by atoms with van der Waals surface area (Å²) in [5, 5.41) is 30.4. The van der Waals surface area contributed by atoms with E-state index in [-0.39, 0.29) is 17.3 Å². The van der Waals surface area contributed by atoms with Gasteiger partial charge in [-0.1, -0.05) is 63.6 Å². The van der Waals surface area contributed by atoms with Gasteiger partial charge in [0.05, 0.1) is 6.10 Å². The Bertz CT molecular complexity index is 1090. The lowest BCUT2D eigenvalue weighted by atomic mass is 9.52. The maximum Gasteiger partial charge on any atom is 0.488 e. The quantitative estimate of drug-likeness (QED) is 0.115.